The van der Waals surface area contributed by atoms with Gasteiger partial charge in [-0.15, -0.1) is 0 Å². The van der Waals surface area contributed by atoms with Crippen molar-refractivity contribution < 1.29 is 14.6 Å². The van der Waals surface area contributed by atoms with E-state index >= 15 is 0 Å². The van der Waals surface area contributed by atoms with Gasteiger partial charge in [0.25, 0.3) is 0 Å². The van der Waals surface area contributed by atoms with Gasteiger partial charge in [-0.05, 0) is 19.4 Å². The molecule has 104 valence electrons. The van der Waals surface area contributed by atoms with Crippen LogP contribution in [0.2, 0.25) is 0 Å². The van der Waals surface area contributed by atoms with Gasteiger partial charge in [-0.1, -0.05) is 25.1 Å². The zero-order valence-corrected chi connectivity index (χ0v) is 11.5. The summed E-state index contributed by atoms with van der Waals surface area (Å²) in [4.78, 5) is 13.2. The third-order valence-electron chi connectivity index (χ3n) is 3.80. The lowest BCUT2D eigenvalue weighted by atomic mass is 9.97. The maximum atomic E-state index is 11.1. The van der Waals surface area contributed by atoms with Crippen LogP contribution in [0.1, 0.15) is 38.3 Å². The van der Waals surface area contributed by atoms with Crippen LogP contribution in [0.25, 0.3) is 0 Å². The van der Waals surface area contributed by atoms with Crippen LogP contribution in [0.4, 0.5) is 0 Å². The van der Waals surface area contributed by atoms with E-state index in [9.17, 15) is 4.79 Å². The highest BCUT2D eigenvalue weighted by Crippen LogP contribution is 2.36. The van der Waals surface area contributed by atoms with E-state index in [1.165, 1.54) is 0 Å². The second kappa shape index (κ2) is 6.06. The molecule has 1 aliphatic rings. The zero-order chi connectivity index (χ0) is 13.8. The molecule has 1 aliphatic heterocycles. The average molecular weight is 263 g/mol. The van der Waals surface area contributed by atoms with Crippen LogP contribution in [0.5, 0.6) is 5.75 Å². The first kappa shape index (κ1) is 13.9. The predicted molar refractivity (Wildman–Crippen MR) is 73.4 cm³/mol. The van der Waals surface area contributed by atoms with E-state index in [0.717, 1.165) is 24.2 Å². The largest absolute Gasteiger partial charge is 0.493 e. The first-order chi connectivity index (χ1) is 9.13. The maximum absolute atomic E-state index is 11.1. The van der Waals surface area contributed by atoms with Crippen LogP contribution < -0.4 is 4.74 Å². The van der Waals surface area contributed by atoms with Crippen molar-refractivity contribution in [1.29, 1.82) is 0 Å². The van der Waals surface area contributed by atoms with Crippen molar-refractivity contribution in [2.24, 2.45) is 0 Å². The monoisotopic (exact) mass is 263 g/mol. The molecule has 1 N–H and O–H groups in total. The minimum absolute atomic E-state index is 0.0774. The lowest BCUT2D eigenvalue weighted by molar-refractivity contribution is -0.140. The summed E-state index contributed by atoms with van der Waals surface area (Å²) in [7, 11) is 0. The Balaban J connectivity index is 2.29. The molecule has 0 spiro atoms. The Morgan fingerprint density at radius 2 is 2.26 bits per heavy atom. The summed E-state index contributed by atoms with van der Waals surface area (Å²) < 4.78 is 5.65. The van der Waals surface area contributed by atoms with Crippen molar-refractivity contribution in [2.75, 3.05) is 13.2 Å². The summed E-state index contributed by atoms with van der Waals surface area (Å²) >= 11 is 0. The number of carbonyl (C=O) groups is 1. The Labute approximate surface area is 114 Å². The number of carboxylic acid groups (broad SMARTS) is 1. The Kier molecular flexibility index (Phi) is 4.43. The fourth-order valence-electron chi connectivity index (χ4n) is 2.63. The molecule has 0 saturated carbocycles. The van der Waals surface area contributed by atoms with Crippen molar-refractivity contribution in [3.05, 3.63) is 29.8 Å². The van der Waals surface area contributed by atoms with Gasteiger partial charge in [0.05, 0.1) is 13.2 Å². The molecule has 0 aromatic heterocycles. The summed E-state index contributed by atoms with van der Waals surface area (Å²) in [5.74, 6) is 0.113. The number of rotatable bonds is 5. The number of benzene rings is 1. The highest BCUT2D eigenvalue weighted by Gasteiger charge is 2.30. The highest BCUT2D eigenvalue weighted by molar-refractivity contribution is 5.69. The molecule has 2 unspecified atom stereocenters. The minimum Gasteiger partial charge on any atom is -0.493 e. The lowest BCUT2D eigenvalue weighted by Gasteiger charge is -2.38. The summed E-state index contributed by atoms with van der Waals surface area (Å²) in [5.41, 5.74) is 1.11. The SMILES string of the molecule is CCC(C)N(CC(=O)O)C1CCOc2ccccc21. The van der Waals surface area contributed by atoms with E-state index in [2.05, 4.69) is 18.7 Å². The number of fused-ring (bicyclic) bond motifs is 1. The normalized spacial score (nSPS) is 19.6. The number of aliphatic carboxylic acids is 1. The molecule has 0 radical (unpaired) electrons. The molecular formula is C15H21NO3. The zero-order valence-electron chi connectivity index (χ0n) is 11.5. The second-order valence-electron chi connectivity index (χ2n) is 5.01. The number of carboxylic acids is 1. The van der Waals surface area contributed by atoms with Crippen molar-refractivity contribution in [3.63, 3.8) is 0 Å². The van der Waals surface area contributed by atoms with E-state index < -0.39 is 5.97 Å². The lowest BCUT2D eigenvalue weighted by Crippen LogP contribution is -2.41. The van der Waals surface area contributed by atoms with E-state index in [0.29, 0.717) is 6.61 Å². The molecule has 1 aromatic rings. The van der Waals surface area contributed by atoms with Crippen LogP contribution in [-0.2, 0) is 4.79 Å². The first-order valence-corrected chi connectivity index (χ1v) is 6.82. The fourth-order valence-corrected chi connectivity index (χ4v) is 2.63. The highest BCUT2D eigenvalue weighted by atomic mass is 16.5. The van der Waals surface area contributed by atoms with Crippen LogP contribution in [-0.4, -0.2) is 35.2 Å². The second-order valence-corrected chi connectivity index (χ2v) is 5.01. The topological polar surface area (TPSA) is 49.8 Å². The van der Waals surface area contributed by atoms with E-state index in [4.69, 9.17) is 9.84 Å². The average Bonchev–Trinajstić information content (AvgIpc) is 2.43. The number of hydrogen-bond acceptors (Lipinski definition) is 3. The van der Waals surface area contributed by atoms with Gasteiger partial charge in [0.2, 0.25) is 0 Å². The standard InChI is InChI=1S/C15H21NO3/c1-3-11(2)16(10-15(17)18)13-8-9-19-14-7-5-4-6-12(13)14/h4-7,11,13H,3,8-10H2,1-2H3,(H,17,18). The van der Waals surface area contributed by atoms with Gasteiger partial charge in [-0.2, -0.15) is 0 Å². The molecule has 0 fully saturated rings. The van der Waals surface area contributed by atoms with E-state index in [-0.39, 0.29) is 18.6 Å². The smallest absolute Gasteiger partial charge is 0.317 e. The molecule has 4 nitrogen and oxygen atoms in total. The Morgan fingerprint density at radius 1 is 1.53 bits per heavy atom. The summed E-state index contributed by atoms with van der Waals surface area (Å²) in [5, 5.41) is 9.13. The molecule has 0 aliphatic carbocycles. The van der Waals surface area contributed by atoms with Crippen molar-refractivity contribution in [1.82, 2.24) is 4.90 Å². The van der Waals surface area contributed by atoms with Crippen molar-refractivity contribution in [2.45, 2.75) is 38.8 Å². The third kappa shape index (κ3) is 3.07. The molecule has 1 aromatic carbocycles. The predicted octanol–water partition coefficient (Wildman–Crippen LogP) is 2.70. The van der Waals surface area contributed by atoms with Gasteiger partial charge in [0.15, 0.2) is 0 Å². The number of hydrogen-bond donors (Lipinski definition) is 1. The number of para-hydroxylation sites is 1. The van der Waals surface area contributed by atoms with Gasteiger partial charge in [0.1, 0.15) is 5.75 Å². The number of ether oxygens (including phenoxy) is 1. The third-order valence-corrected chi connectivity index (χ3v) is 3.80. The molecule has 0 saturated heterocycles. The van der Waals surface area contributed by atoms with E-state index in [1.54, 1.807) is 0 Å². The molecular weight excluding hydrogens is 242 g/mol. The molecule has 0 bridgehead atoms. The molecule has 1 heterocycles. The van der Waals surface area contributed by atoms with Crippen LogP contribution in [0.3, 0.4) is 0 Å². The van der Waals surface area contributed by atoms with Gasteiger partial charge in [-0.3, -0.25) is 9.69 Å². The van der Waals surface area contributed by atoms with E-state index in [1.807, 2.05) is 24.3 Å². The first-order valence-electron chi connectivity index (χ1n) is 6.82. The van der Waals surface area contributed by atoms with Crippen LogP contribution >= 0.6 is 0 Å². The fraction of sp³-hybridized carbons (Fsp3) is 0.533. The Bertz CT molecular complexity index is 447. The van der Waals surface area contributed by atoms with Crippen molar-refractivity contribution >= 4 is 5.97 Å². The van der Waals surface area contributed by atoms with Crippen LogP contribution in [0, 0.1) is 0 Å². The molecule has 0 amide bonds. The van der Waals surface area contributed by atoms with Gasteiger partial charge in [0, 0.05) is 24.1 Å². The summed E-state index contributed by atoms with van der Waals surface area (Å²) in [6.07, 6.45) is 1.78. The quantitative estimate of drug-likeness (QED) is 0.887. The van der Waals surface area contributed by atoms with Crippen LogP contribution in [0.15, 0.2) is 24.3 Å². The summed E-state index contributed by atoms with van der Waals surface area (Å²) in [6.45, 7) is 4.90. The summed E-state index contributed by atoms with van der Waals surface area (Å²) in [6, 6.07) is 8.30. The van der Waals surface area contributed by atoms with Crippen molar-refractivity contribution in [3.8, 4) is 5.75 Å². The molecule has 19 heavy (non-hydrogen) atoms. The molecule has 2 atom stereocenters. The molecule has 4 heteroatoms. The Hall–Kier alpha value is -1.55. The van der Waals surface area contributed by atoms with Gasteiger partial charge < -0.3 is 9.84 Å². The molecule has 2 rings (SSSR count). The van der Waals surface area contributed by atoms with Gasteiger partial charge >= 0.3 is 5.97 Å². The van der Waals surface area contributed by atoms with Gasteiger partial charge in [-0.25, -0.2) is 0 Å². The number of nitrogens with zero attached hydrogens (tertiary/aromatic N) is 1. The maximum Gasteiger partial charge on any atom is 0.317 e. The minimum atomic E-state index is -0.774. The Morgan fingerprint density at radius 3 is 2.95 bits per heavy atom.